The lowest BCUT2D eigenvalue weighted by atomic mass is 9.79. The van der Waals surface area contributed by atoms with E-state index in [2.05, 4.69) is 48.6 Å². The molecule has 3 aromatic rings. The van der Waals surface area contributed by atoms with Crippen molar-refractivity contribution in [2.45, 2.75) is 57.7 Å². The van der Waals surface area contributed by atoms with Crippen molar-refractivity contribution in [1.29, 1.82) is 0 Å². The number of nitrogens with zero attached hydrogens (tertiary/aromatic N) is 4. The Morgan fingerprint density at radius 1 is 1.17 bits per heavy atom. The van der Waals surface area contributed by atoms with Gasteiger partial charge in [0.2, 0.25) is 5.95 Å². The van der Waals surface area contributed by atoms with E-state index in [0.717, 1.165) is 18.4 Å². The van der Waals surface area contributed by atoms with Gasteiger partial charge in [0, 0.05) is 35.9 Å². The van der Waals surface area contributed by atoms with Crippen LogP contribution in [0.15, 0.2) is 42.6 Å². The third-order valence-electron chi connectivity index (χ3n) is 7.25. The van der Waals surface area contributed by atoms with E-state index in [0.29, 0.717) is 41.9 Å². The summed E-state index contributed by atoms with van der Waals surface area (Å²) in [5.74, 6) is 0.660. The molecule has 0 aliphatic carbocycles. The van der Waals surface area contributed by atoms with Crippen LogP contribution in [0.4, 0.5) is 23.3 Å². The van der Waals surface area contributed by atoms with Crippen LogP contribution in [0.1, 0.15) is 50.9 Å². The molecule has 5 N–H and O–H groups in total. The van der Waals surface area contributed by atoms with Gasteiger partial charge in [-0.15, -0.1) is 0 Å². The molecule has 222 valence electrons. The Kier molecular flexibility index (Phi) is 8.02. The number of anilines is 4. The predicted octanol–water partition coefficient (Wildman–Crippen LogP) is 3.47. The summed E-state index contributed by atoms with van der Waals surface area (Å²) in [6.45, 7) is 9.29. The van der Waals surface area contributed by atoms with E-state index < -0.39 is 5.91 Å². The van der Waals surface area contributed by atoms with E-state index in [1.165, 1.54) is 0 Å². The van der Waals surface area contributed by atoms with Crippen LogP contribution in [0, 0.1) is 0 Å². The highest BCUT2D eigenvalue weighted by molar-refractivity contribution is 6.03. The Balaban J connectivity index is 1.53. The number of methoxy groups -OCH3 is 1. The van der Waals surface area contributed by atoms with E-state index >= 15 is 0 Å². The molecule has 1 fully saturated rings. The molecular weight excluding hydrogens is 536 g/mol. The summed E-state index contributed by atoms with van der Waals surface area (Å²) in [5.41, 5.74) is 7.60. The Hall–Kier alpha value is -4.29. The molecule has 0 unspecified atom stereocenters. The molecule has 0 saturated carbocycles. The lowest BCUT2D eigenvalue weighted by molar-refractivity contribution is -0.121. The fourth-order valence-corrected chi connectivity index (χ4v) is 5.97. The molecule has 42 heavy (non-hydrogen) atoms. The molecule has 0 spiro atoms. The van der Waals surface area contributed by atoms with E-state index in [1.54, 1.807) is 24.3 Å². The topological polar surface area (TPSA) is 157 Å². The molecule has 2 aliphatic rings. The number of hydrogen-bond acceptors (Lipinski definition) is 10. The molecule has 0 bridgehead atoms. The van der Waals surface area contributed by atoms with Crippen LogP contribution in [0.2, 0.25) is 0 Å². The molecular formula is C30H38N8O4. The maximum absolute atomic E-state index is 12.9. The van der Waals surface area contributed by atoms with Crippen LogP contribution in [-0.2, 0) is 9.53 Å². The van der Waals surface area contributed by atoms with Gasteiger partial charge in [-0.1, -0.05) is 30.3 Å². The van der Waals surface area contributed by atoms with Gasteiger partial charge in [0.1, 0.15) is 11.4 Å². The summed E-state index contributed by atoms with van der Waals surface area (Å²) in [4.78, 5) is 40.8. The van der Waals surface area contributed by atoms with Crippen molar-refractivity contribution in [3.05, 3.63) is 48.2 Å². The highest BCUT2D eigenvalue weighted by Gasteiger charge is 2.38. The number of hydrogen-bond donors (Lipinski definition) is 4. The Morgan fingerprint density at radius 3 is 2.55 bits per heavy atom. The summed E-state index contributed by atoms with van der Waals surface area (Å²) < 4.78 is 10.8. The van der Waals surface area contributed by atoms with E-state index in [9.17, 15) is 9.59 Å². The van der Waals surface area contributed by atoms with Crippen molar-refractivity contribution < 1.29 is 19.1 Å². The SMILES string of the molecule is COCCN1C(=O)COc2cc(Nc3nc(NC4CC(C)(C)NC(C)(C)C4)c(C(N)=O)c(-c4ccccc4)n3)cnc21. The molecule has 2 amide bonds. The minimum Gasteiger partial charge on any atom is -0.480 e. The van der Waals surface area contributed by atoms with E-state index in [4.69, 9.17) is 25.2 Å². The molecule has 2 aromatic heterocycles. The number of fused-ring (bicyclic) bond motifs is 1. The van der Waals surface area contributed by atoms with Gasteiger partial charge in [-0.3, -0.25) is 14.5 Å². The number of nitrogens with two attached hydrogens (primary N) is 1. The van der Waals surface area contributed by atoms with Crippen molar-refractivity contribution >= 4 is 35.1 Å². The smallest absolute Gasteiger partial charge is 0.266 e. The van der Waals surface area contributed by atoms with Gasteiger partial charge in [0.25, 0.3) is 11.8 Å². The molecule has 12 nitrogen and oxygen atoms in total. The Labute approximate surface area is 245 Å². The van der Waals surface area contributed by atoms with E-state index in [-0.39, 0.29) is 41.1 Å². The van der Waals surface area contributed by atoms with Gasteiger partial charge in [0.15, 0.2) is 18.2 Å². The molecule has 1 saturated heterocycles. The number of amides is 2. The van der Waals surface area contributed by atoms with Crippen molar-refractivity contribution in [2.24, 2.45) is 5.73 Å². The quantitative estimate of drug-likeness (QED) is 0.298. The fourth-order valence-electron chi connectivity index (χ4n) is 5.97. The van der Waals surface area contributed by atoms with Crippen molar-refractivity contribution in [3.8, 4) is 17.0 Å². The second-order valence-electron chi connectivity index (χ2n) is 12.0. The van der Waals surface area contributed by atoms with Gasteiger partial charge in [-0.05, 0) is 40.5 Å². The number of primary amides is 1. The molecule has 1 aromatic carbocycles. The number of ether oxygens (including phenoxy) is 2. The third kappa shape index (κ3) is 6.44. The minimum absolute atomic E-state index is 0.0233. The number of aromatic nitrogens is 3. The minimum atomic E-state index is -0.625. The number of rotatable bonds is 9. The lowest BCUT2D eigenvalue weighted by Gasteiger charge is -2.46. The first kappa shape index (κ1) is 29.2. The molecule has 0 radical (unpaired) electrons. The first-order chi connectivity index (χ1) is 19.9. The van der Waals surface area contributed by atoms with Gasteiger partial charge in [0.05, 0.1) is 30.7 Å². The summed E-state index contributed by atoms with van der Waals surface area (Å²) in [5, 5.41) is 10.4. The van der Waals surface area contributed by atoms with Gasteiger partial charge < -0.3 is 31.2 Å². The number of piperidine rings is 1. The summed E-state index contributed by atoms with van der Waals surface area (Å²) in [6.07, 6.45) is 3.21. The summed E-state index contributed by atoms with van der Waals surface area (Å²) in [7, 11) is 1.58. The maximum Gasteiger partial charge on any atom is 0.266 e. The van der Waals surface area contributed by atoms with Gasteiger partial charge >= 0.3 is 0 Å². The van der Waals surface area contributed by atoms with Crippen LogP contribution in [0.3, 0.4) is 0 Å². The van der Waals surface area contributed by atoms with Crippen molar-refractivity contribution in [1.82, 2.24) is 20.3 Å². The van der Waals surface area contributed by atoms with Crippen LogP contribution >= 0.6 is 0 Å². The normalized spacial score (nSPS) is 17.7. The highest BCUT2D eigenvalue weighted by Crippen LogP contribution is 2.35. The van der Waals surface area contributed by atoms with Gasteiger partial charge in [-0.25, -0.2) is 9.97 Å². The van der Waals surface area contributed by atoms with Gasteiger partial charge in [-0.2, -0.15) is 4.98 Å². The summed E-state index contributed by atoms with van der Waals surface area (Å²) in [6, 6.07) is 11.2. The van der Waals surface area contributed by atoms with Crippen molar-refractivity contribution in [3.63, 3.8) is 0 Å². The average molecular weight is 575 g/mol. The van der Waals surface area contributed by atoms with Crippen LogP contribution in [-0.4, -0.2) is 70.8 Å². The zero-order valence-corrected chi connectivity index (χ0v) is 24.7. The first-order valence-electron chi connectivity index (χ1n) is 14.0. The van der Waals surface area contributed by atoms with Crippen LogP contribution < -0.4 is 31.3 Å². The van der Waals surface area contributed by atoms with Crippen LogP contribution in [0.5, 0.6) is 5.75 Å². The lowest BCUT2D eigenvalue weighted by Crippen LogP contribution is -2.60. The number of benzene rings is 1. The highest BCUT2D eigenvalue weighted by atomic mass is 16.5. The monoisotopic (exact) mass is 574 g/mol. The number of nitrogens with one attached hydrogen (secondary N) is 3. The molecule has 12 heteroatoms. The molecule has 5 rings (SSSR count). The molecule has 4 heterocycles. The number of pyridine rings is 1. The molecule has 0 atom stereocenters. The summed E-state index contributed by atoms with van der Waals surface area (Å²) >= 11 is 0. The Bertz CT molecular complexity index is 1460. The average Bonchev–Trinajstić information content (AvgIpc) is 2.91. The fraction of sp³-hybridized carbons (Fsp3) is 0.433. The second kappa shape index (κ2) is 11.5. The first-order valence-corrected chi connectivity index (χ1v) is 14.0. The largest absolute Gasteiger partial charge is 0.480 e. The predicted molar refractivity (Wildman–Crippen MR) is 161 cm³/mol. The van der Waals surface area contributed by atoms with E-state index in [1.807, 2.05) is 30.3 Å². The maximum atomic E-state index is 12.9. The second-order valence-corrected chi connectivity index (χ2v) is 12.0. The zero-order chi connectivity index (χ0) is 30.1. The standard InChI is InChI=1S/C30H38N8O4/c1-29(2)14-20(15-30(3,4)37-29)33-26-23(25(31)40)24(18-9-7-6-8-10-18)35-28(36-26)34-19-13-21-27(32-16-19)38(11-12-41-5)22(39)17-42-21/h6-10,13,16,20,37H,11-12,14-15,17H2,1-5H3,(H2,31,40)(H2,33,34,35,36). The van der Waals surface area contributed by atoms with Crippen LogP contribution in [0.25, 0.3) is 11.3 Å². The zero-order valence-electron chi connectivity index (χ0n) is 24.7. The third-order valence-corrected chi connectivity index (χ3v) is 7.25. The number of carbonyl (C=O) groups is 2. The number of carbonyl (C=O) groups excluding carboxylic acids is 2. The Morgan fingerprint density at radius 2 is 1.88 bits per heavy atom. The van der Waals surface area contributed by atoms with Crippen molar-refractivity contribution in [2.75, 3.05) is 42.4 Å². The molecule has 2 aliphatic heterocycles.